The van der Waals surface area contributed by atoms with Crippen LogP contribution in [0.4, 0.5) is 17.6 Å². The number of halogens is 4. The summed E-state index contributed by atoms with van der Waals surface area (Å²) in [6.45, 7) is 0. The van der Waals surface area contributed by atoms with Crippen molar-refractivity contribution in [1.29, 1.82) is 0 Å². The number of hydrogen-bond donors (Lipinski definition) is 0. The van der Waals surface area contributed by atoms with Crippen LogP contribution in [-0.2, 0) is 6.18 Å². The Bertz CT molecular complexity index is 520. The standard InChI is InChI=1S/C12H7F4N/c13-9-6-7-10(8-4-2-1-3-5-8)17-11(9)12(14,15)16/h1-7H. The lowest BCUT2D eigenvalue weighted by Crippen LogP contribution is -2.11. The molecule has 0 aliphatic heterocycles. The van der Waals surface area contributed by atoms with Crippen molar-refractivity contribution in [2.45, 2.75) is 6.18 Å². The molecule has 0 N–H and O–H groups in total. The minimum atomic E-state index is -4.78. The summed E-state index contributed by atoms with van der Waals surface area (Å²) in [6, 6.07) is 10.3. The Morgan fingerprint density at radius 3 is 2.12 bits per heavy atom. The van der Waals surface area contributed by atoms with Gasteiger partial charge in [0.1, 0.15) is 0 Å². The first kappa shape index (κ1) is 11.6. The molecular formula is C12H7F4N. The monoisotopic (exact) mass is 241 g/mol. The Morgan fingerprint density at radius 2 is 1.53 bits per heavy atom. The van der Waals surface area contributed by atoms with Crippen molar-refractivity contribution in [1.82, 2.24) is 4.98 Å². The number of alkyl halides is 3. The van der Waals surface area contributed by atoms with Crippen LogP contribution in [-0.4, -0.2) is 4.98 Å². The van der Waals surface area contributed by atoms with Crippen molar-refractivity contribution in [2.75, 3.05) is 0 Å². The van der Waals surface area contributed by atoms with Gasteiger partial charge in [0.05, 0.1) is 5.69 Å². The minimum absolute atomic E-state index is 0.0966. The number of rotatable bonds is 1. The zero-order chi connectivity index (χ0) is 12.5. The number of hydrogen-bond acceptors (Lipinski definition) is 1. The Morgan fingerprint density at radius 1 is 0.882 bits per heavy atom. The normalized spacial score (nSPS) is 11.5. The van der Waals surface area contributed by atoms with E-state index in [-0.39, 0.29) is 5.69 Å². The zero-order valence-electron chi connectivity index (χ0n) is 8.50. The highest BCUT2D eigenvalue weighted by Gasteiger charge is 2.36. The van der Waals surface area contributed by atoms with Crippen molar-refractivity contribution >= 4 is 0 Å². The maximum Gasteiger partial charge on any atom is 0.436 e. The van der Waals surface area contributed by atoms with Crippen molar-refractivity contribution in [3.8, 4) is 11.3 Å². The van der Waals surface area contributed by atoms with E-state index >= 15 is 0 Å². The Labute approximate surface area is 94.7 Å². The van der Waals surface area contributed by atoms with Gasteiger partial charge in [-0.05, 0) is 12.1 Å². The lowest BCUT2D eigenvalue weighted by Gasteiger charge is -2.08. The summed E-state index contributed by atoms with van der Waals surface area (Å²) >= 11 is 0. The quantitative estimate of drug-likeness (QED) is 0.690. The Hall–Kier alpha value is -1.91. The molecule has 0 spiro atoms. The van der Waals surface area contributed by atoms with Crippen molar-refractivity contribution in [3.63, 3.8) is 0 Å². The predicted octanol–water partition coefficient (Wildman–Crippen LogP) is 3.91. The molecule has 0 aliphatic carbocycles. The van der Waals surface area contributed by atoms with Gasteiger partial charge in [-0.25, -0.2) is 9.37 Å². The number of nitrogens with zero attached hydrogens (tertiary/aromatic N) is 1. The van der Waals surface area contributed by atoms with Crippen LogP contribution in [0.1, 0.15) is 5.69 Å². The van der Waals surface area contributed by atoms with E-state index in [1.54, 1.807) is 30.3 Å². The summed E-state index contributed by atoms with van der Waals surface area (Å²) in [5.74, 6) is -1.36. The molecule has 0 radical (unpaired) electrons. The van der Waals surface area contributed by atoms with Crippen LogP contribution in [0, 0.1) is 5.82 Å². The van der Waals surface area contributed by atoms with Crippen molar-refractivity contribution in [3.05, 3.63) is 54.0 Å². The first-order valence-corrected chi connectivity index (χ1v) is 4.77. The lowest BCUT2D eigenvalue weighted by molar-refractivity contribution is -0.143. The summed E-state index contributed by atoms with van der Waals surface area (Å²) in [5, 5.41) is 0. The van der Waals surface area contributed by atoms with E-state index in [0.29, 0.717) is 5.56 Å². The molecular weight excluding hydrogens is 234 g/mol. The van der Waals surface area contributed by atoms with Gasteiger partial charge < -0.3 is 0 Å². The number of pyridine rings is 1. The van der Waals surface area contributed by atoms with Gasteiger partial charge in [-0.3, -0.25) is 0 Å². The minimum Gasteiger partial charge on any atom is -0.240 e. The summed E-state index contributed by atoms with van der Waals surface area (Å²) in [5.41, 5.74) is -0.879. The summed E-state index contributed by atoms with van der Waals surface area (Å²) in [4.78, 5) is 3.31. The molecule has 0 unspecified atom stereocenters. The van der Waals surface area contributed by atoms with E-state index in [1.807, 2.05) is 0 Å². The molecule has 0 aliphatic rings. The largest absolute Gasteiger partial charge is 0.436 e. The molecule has 1 aromatic heterocycles. The van der Waals surface area contributed by atoms with Crippen LogP contribution in [0.3, 0.4) is 0 Å². The van der Waals surface area contributed by atoms with Gasteiger partial charge >= 0.3 is 6.18 Å². The number of aromatic nitrogens is 1. The molecule has 1 nitrogen and oxygen atoms in total. The van der Waals surface area contributed by atoms with E-state index in [1.165, 1.54) is 6.07 Å². The van der Waals surface area contributed by atoms with E-state index < -0.39 is 17.7 Å². The molecule has 2 aromatic rings. The second-order valence-corrected chi connectivity index (χ2v) is 3.39. The lowest BCUT2D eigenvalue weighted by atomic mass is 10.1. The molecule has 0 atom stereocenters. The molecule has 0 saturated heterocycles. The Balaban J connectivity index is 2.53. The second-order valence-electron chi connectivity index (χ2n) is 3.39. The highest BCUT2D eigenvalue weighted by Crippen LogP contribution is 2.31. The highest BCUT2D eigenvalue weighted by atomic mass is 19.4. The van der Waals surface area contributed by atoms with Crippen LogP contribution >= 0.6 is 0 Å². The van der Waals surface area contributed by atoms with E-state index in [4.69, 9.17) is 0 Å². The molecule has 5 heteroatoms. The molecule has 0 bridgehead atoms. The predicted molar refractivity (Wildman–Crippen MR) is 54.6 cm³/mol. The van der Waals surface area contributed by atoms with E-state index in [2.05, 4.69) is 4.98 Å². The second kappa shape index (κ2) is 4.16. The fraction of sp³-hybridized carbons (Fsp3) is 0.0833. The molecule has 1 heterocycles. The Kier molecular flexibility index (Phi) is 2.83. The van der Waals surface area contributed by atoms with Crippen LogP contribution in [0.25, 0.3) is 11.3 Å². The summed E-state index contributed by atoms with van der Waals surface area (Å²) in [6.07, 6.45) is -4.78. The smallest absolute Gasteiger partial charge is 0.240 e. The molecule has 1 aromatic carbocycles. The van der Waals surface area contributed by atoms with Gasteiger partial charge in [0.2, 0.25) is 0 Å². The molecule has 2 rings (SSSR count). The van der Waals surface area contributed by atoms with Crippen LogP contribution in [0.5, 0.6) is 0 Å². The topological polar surface area (TPSA) is 12.9 Å². The first-order valence-electron chi connectivity index (χ1n) is 4.77. The third-order valence-corrected chi connectivity index (χ3v) is 2.18. The van der Waals surface area contributed by atoms with Gasteiger partial charge in [0.15, 0.2) is 11.5 Å². The maximum absolute atomic E-state index is 13.0. The summed E-state index contributed by atoms with van der Waals surface area (Å²) < 4.78 is 50.3. The van der Waals surface area contributed by atoms with Crippen LogP contribution in [0.2, 0.25) is 0 Å². The van der Waals surface area contributed by atoms with E-state index in [0.717, 1.165) is 6.07 Å². The molecule has 0 amide bonds. The van der Waals surface area contributed by atoms with Crippen molar-refractivity contribution < 1.29 is 17.6 Å². The maximum atomic E-state index is 13.0. The zero-order valence-corrected chi connectivity index (χ0v) is 8.50. The molecule has 17 heavy (non-hydrogen) atoms. The van der Waals surface area contributed by atoms with Gasteiger partial charge in [0.25, 0.3) is 0 Å². The first-order chi connectivity index (χ1) is 7.98. The van der Waals surface area contributed by atoms with Gasteiger partial charge in [-0.2, -0.15) is 13.2 Å². The highest BCUT2D eigenvalue weighted by molar-refractivity contribution is 5.58. The molecule has 0 saturated carbocycles. The third-order valence-electron chi connectivity index (χ3n) is 2.18. The fourth-order valence-electron chi connectivity index (χ4n) is 1.41. The van der Waals surface area contributed by atoms with Crippen LogP contribution < -0.4 is 0 Å². The summed E-state index contributed by atoms with van der Waals surface area (Å²) in [7, 11) is 0. The average Bonchev–Trinajstić information content (AvgIpc) is 2.29. The third kappa shape index (κ3) is 2.43. The van der Waals surface area contributed by atoms with Gasteiger partial charge in [0, 0.05) is 5.56 Å². The van der Waals surface area contributed by atoms with Crippen molar-refractivity contribution in [2.24, 2.45) is 0 Å². The number of benzene rings is 1. The fourth-order valence-corrected chi connectivity index (χ4v) is 1.41. The molecule has 0 fully saturated rings. The van der Waals surface area contributed by atoms with E-state index in [9.17, 15) is 17.6 Å². The van der Waals surface area contributed by atoms with Crippen LogP contribution in [0.15, 0.2) is 42.5 Å². The SMILES string of the molecule is Fc1ccc(-c2ccccc2)nc1C(F)(F)F. The van der Waals surface area contributed by atoms with Gasteiger partial charge in [-0.15, -0.1) is 0 Å². The van der Waals surface area contributed by atoms with Gasteiger partial charge in [-0.1, -0.05) is 30.3 Å². The molecule has 88 valence electrons. The average molecular weight is 241 g/mol.